The Morgan fingerprint density at radius 3 is 2.60 bits per heavy atom. The van der Waals surface area contributed by atoms with Crippen LogP contribution in [0.3, 0.4) is 0 Å². The minimum atomic E-state index is -0.375. The van der Waals surface area contributed by atoms with Crippen LogP contribution in [0.5, 0.6) is 0 Å². The molecular weight excluding hydrogens is 216 g/mol. The summed E-state index contributed by atoms with van der Waals surface area (Å²) in [6, 6.07) is -0.375. The van der Waals surface area contributed by atoms with Crippen molar-refractivity contribution in [1.82, 2.24) is 4.90 Å². The van der Waals surface area contributed by atoms with E-state index >= 15 is 0 Å². The van der Waals surface area contributed by atoms with Crippen molar-refractivity contribution in [3.05, 3.63) is 0 Å². The third-order valence-electron chi connectivity index (χ3n) is 2.56. The molecule has 0 spiro atoms. The lowest BCUT2D eigenvalue weighted by Gasteiger charge is -2.33. The fourth-order valence-electron chi connectivity index (χ4n) is 1.51. The zero-order valence-electron chi connectivity index (χ0n) is 9.60. The SMILES string of the molecule is CC1CN(C(=O)[C@H](N)C(C)C)CCO1.Cl. The number of ether oxygens (including phenoxy) is 1. The third-order valence-corrected chi connectivity index (χ3v) is 2.56. The summed E-state index contributed by atoms with van der Waals surface area (Å²) in [5.74, 6) is 0.246. The fourth-order valence-corrected chi connectivity index (χ4v) is 1.51. The molecule has 2 atom stereocenters. The van der Waals surface area contributed by atoms with Crippen LogP contribution in [-0.4, -0.2) is 42.6 Å². The molecule has 0 saturated carbocycles. The van der Waals surface area contributed by atoms with Gasteiger partial charge in [0, 0.05) is 13.1 Å². The van der Waals surface area contributed by atoms with Gasteiger partial charge in [-0.1, -0.05) is 13.8 Å². The molecule has 0 aromatic heterocycles. The van der Waals surface area contributed by atoms with E-state index < -0.39 is 0 Å². The molecule has 90 valence electrons. The lowest BCUT2D eigenvalue weighted by molar-refractivity contribution is -0.140. The molecule has 1 heterocycles. The number of morpholine rings is 1. The molecule has 0 aliphatic carbocycles. The topological polar surface area (TPSA) is 55.6 Å². The van der Waals surface area contributed by atoms with Gasteiger partial charge in [0.2, 0.25) is 5.91 Å². The Morgan fingerprint density at radius 1 is 1.53 bits per heavy atom. The predicted molar refractivity (Wildman–Crippen MR) is 62.1 cm³/mol. The normalized spacial score (nSPS) is 23.5. The Kier molecular flexibility index (Phi) is 6.17. The van der Waals surface area contributed by atoms with Gasteiger partial charge in [-0.05, 0) is 12.8 Å². The number of carbonyl (C=O) groups is 1. The lowest BCUT2D eigenvalue weighted by atomic mass is 10.0. The van der Waals surface area contributed by atoms with Crippen molar-refractivity contribution in [2.75, 3.05) is 19.7 Å². The highest BCUT2D eigenvalue weighted by Gasteiger charge is 2.26. The summed E-state index contributed by atoms with van der Waals surface area (Å²) in [4.78, 5) is 13.6. The van der Waals surface area contributed by atoms with Crippen LogP contribution in [0, 0.1) is 5.92 Å². The summed E-state index contributed by atoms with van der Waals surface area (Å²) in [6.07, 6.45) is 0.132. The van der Waals surface area contributed by atoms with Crippen LogP contribution in [0.4, 0.5) is 0 Å². The molecular formula is C10H21ClN2O2. The molecule has 2 N–H and O–H groups in total. The van der Waals surface area contributed by atoms with E-state index in [2.05, 4.69) is 0 Å². The average molecular weight is 237 g/mol. The van der Waals surface area contributed by atoms with Crippen LogP contribution < -0.4 is 5.73 Å². The Labute approximate surface area is 97.5 Å². The predicted octanol–water partition coefficient (Wildman–Crippen LogP) is 0.639. The maximum absolute atomic E-state index is 11.8. The third kappa shape index (κ3) is 3.97. The Balaban J connectivity index is 0.00000196. The van der Waals surface area contributed by atoms with Gasteiger partial charge in [-0.25, -0.2) is 0 Å². The van der Waals surface area contributed by atoms with Crippen molar-refractivity contribution in [2.45, 2.75) is 32.9 Å². The number of rotatable bonds is 2. The molecule has 1 aliphatic heterocycles. The van der Waals surface area contributed by atoms with Crippen molar-refractivity contribution in [3.8, 4) is 0 Å². The number of nitrogens with two attached hydrogens (primary N) is 1. The molecule has 0 aromatic carbocycles. The monoisotopic (exact) mass is 236 g/mol. The smallest absolute Gasteiger partial charge is 0.239 e. The number of hydrogen-bond donors (Lipinski definition) is 1. The first-order valence-electron chi connectivity index (χ1n) is 5.18. The lowest BCUT2D eigenvalue weighted by Crippen LogP contribution is -2.52. The molecule has 15 heavy (non-hydrogen) atoms. The first-order chi connectivity index (χ1) is 6.52. The molecule has 1 unspecified atom stereocenters. The van der Waals surface area contributed by atoms with E-state index in [0.717, 1.165) is 0 Å². The van der Waals surface area contributed by atoms with E-state index in [0.29, 0.717) is 19.7 Å². The van der Waals surface area contributed by atoms with E-state index in [1.54, 1.807) is 4.90 Å². The van der Waals surface area contributed by atoms with Gasteiger partial charge in [-0.15, -0.1) is 12.4 Å². The highest BCUT2D eigenvalue weighted by molar-refractivity contribution is 5.85. The summed E-state index contributed by atoms with van der Waals surface area (Å²) < 4.78 is 5.36. The number of nitrogens with zero attached hydrogens (tertiary/aromatic N) is 1. The summed E-state index contributed by atoms with van der Waals surface area (Å²) in [7, 11) is 0. The molecule has 1 rings (SSSR count). The second kappa shape index (κ2) is 6.30. The Hall–Kier alpha value is -0.320. The first-order valence-corrected chi connectivity index (χ1v) is 5.18. The van der Waals surface area contributed by atoms with Gasteiger partial charge in [0.1, 0.15) is 0 Å². The zero-order valence-corrected chi connectivity index (χ0v) is 10.4. The van der Waals surface area contributed by atoms with Crippen LogP contribution in [0.25, 0.3) is 0 Å². The summed E-state index contributed by atoms with van der Waals surface area (Å²) in [6.45, 7) is 7.86. The maximum atomic E-state index is 11.8. The molecule has 0 bridgehead atoms. The molecule has 1 saturated heterocycles. The molecule has 5 heteroatoms. The molecule has 4 nitrogen and oxygen atoms in total. The van der Waals surface area contributed by atoms with Crippen molar-refractivity contribution in [2.24, 2.45) is 11.7 Å². The highest BCUT2D eigenvalue weighted by atomic mass is 35.5. The van der Waals surface area contributed by atoms with Crippen LogP contribution in [0.2, 0.25) is 0 Å². The minimum absolute atomic E-state index is 0. The van der Waals surface area contributed by atoms with Gasteiger partial charge in [0.05, 0.1) is 18.8 Å². The number of carbonyl (C=O) groups excluding carboxylic acids is 1. The van der Waals surface area contributed by atoms with Crippen LogP contribution in [0.1, 0.15) is 20.8 Å². The summed E-state index contributed by atoms with van der Waals surface area (Å²) in [5.41, 5.74) is 5.80. The Bertz CT molecular complexity index is 212. The largest absolute Gasteiger partial charge is 0.375 e. The molecule has 1 amide bonds. The second-order valence-corrected chi connectivity index (χ2v) is 4.24. The van der Waals surface area contributed by atoms with Crippen molar-refractivity contribution >= 4 is 18.3 Å². The van der Waals surface area contributed by atoms with Crippen LogP contribution in [-0.2, 0) is 9.53 Å². The van der Waals surface area contributed by atoms with Gasteiger partial charge >= 0.3 is 0 Å². The zero-order chi connectivity index (χ0) is 10.7. The van der Waals surface area contributed by atoms with Crippen molar-refractivity contribution in [1.29, 1.82) is 0 Å². The molecule has 1 aliphatic rings. The molecule has 0 aromatic rings. The highest BCUT2D eigenvalue weighted by Crippen LogP contribution is 2.09. The van der Waals surface area contributed by atoms with Crippen molar-refractivity contribution < 1.29 is 9.53 Å². The fraction of sp³-hybridized carbons (Fsp3) is 0.900. The quantitative estimate of drug-likeness (QED) is 0.766. The minimum Gasteiger partial charge on any atom is -0.375 e. The van der Waals surface area contributed by atoms with Crippen LogP contribution in [0.15, 0.2) is 0 Å². The average Bonchev–Trinajstić information content (AvgIpc) is 2.15. The standard InChI is InChI=1S/C10H20N2O2.ClH/c1-7(2)9(11)10(13)12-4-5-14-8(3)6-12;/h7-9H,4-6,11H2,1-3H3;1H/t8?,9-;/m1./s1. The van der Waals surface area contributed by atoms with Crippen molar-refractivity contribution in [3.63, 3.8) is 0 Å². The van der Waals surface area contributed by atoms with Gasteiger partial charge in [-0.2, -0.15) is 0 Å². The molecule has 0 radical (unpaired) electrons. The van der Waals surface area contributed by atoms with Gasteiger partial charge in [0.15, 0.2) is 0 Å². The molecule has 1 fully saturated rings. The van der Waals surface area contributed by atoms with E-state index in [4.69, 9.17) is 10.5 Å². The number of amides is 1. The van der Waals surface area contributed by atoms with Gasteiger partial charge < -0.3 is 15.4 Å². The van der Waals surface area contributed by atoms with E-state index in [1.807, 2.05) is 20.8 Å². The van der Waals surface area contributed by atoms with E-state index in [-0.39, 0.29) is 36.4 Å². The van der Waals surface area contributed by atoms with E-state index in [9.17, 15) is 4.79 Å². The summed E-state index contributed by atoms with van der Waals surface area (Å²) in [5, 5.41) is 0. The number of hydrogen-bond acceptors (Lipinski definition) is 3. The van der Waals surface area contributed by atoms with Gasteiger partial charge in [0.25, 0.3) is 0 Å². The Morgan fingerprint density at radius 2 is 2.13 bits per heavy atom. The van der Waals surface area contributed by atoms with Gasteiger partial charge in [-0.3, -0.25) is 4.79 Å². The van der Waals surface area contributed by atoms with E-state index in [1.165, 1.54) is 0 Å². The first kappa shape index (κ1) is 14.7. The summed E-state index contributed by atoms with van der Waals surface area (Å²) >= 11 is 0. The maximum Gasteiger partial charge on any atom is 0.239 e. The second-order valence-electron chi connectivity index (χ2n) is 4.24. The van der Waals surface area contributed by atoms with Crippen LogP contribution >= 0.6 is 12.4 Å². The number of halogens is 1.